The molecule has 8 nitrogen and oxygen atoms in total. The molecule has 1 aromatic rings. The van der Waals surface area contributed by atoms with Crippen LogP contribution in [-0.4, -0.2) is 85.4 Å². The summed E-state index contributed by atoms with van der Waals surface area (Å²) in [6.45, 7) is 1.59. The number of rotatable bonds is 3. The molecule has 0 aromatic carbocycles. The van der Waals surface area contributed by atoms with Crippen molar-refractivity contribution in [3.63, 3.8) is 0 Å². The van der Waals surface area contributed by atoms with Gasteiger partial charge in [0.2, 0.25) is 5.91 Å². The van der Waals surface area contributed by atoms with Crippen molar-refractivity contribution < 1.29 is 22.7 Å². The van der Waals surface area contributed by atoms with E-state index < -0.39 is 9.84 Å². The third-order valence-electron chi connectivity index (χ3n) is 4.25. The van der Waals surface area contributed by atoms with Gasteiger partial charge in [-0.05, 0) is 0 Å². The van der Waals surface area contributed by atoms with Gasteiger partial charge in [0.25, 0.3) is 5.91 Å². The van der Waals surface area contributed by atoms with E-state index in [1.807, 2.05) is 0 Å². The smallest absolute Gasteiger partial charge is 0.273 e. The number of morpholine rings is 1. The zero-order valence-electron chi connectivity index (χ0n) is 13.1. The first kappa shape index (κ1) is 17.3. The summed E-state index contributed by atoms with van der Waals surface area (Å²) in [5.74, 6) is -0.335. The Labute approximate surface area is 144 Å². The van der Waals surface area contributed by atoms with Crippen LogP contribution in [0.5, 0.6) is 0 Å². The Bertz CT molecular complexity index is 690. The highest BCUT2D eigenvalue weighted by atomic mass is 32.2. The monoisotopic (exact) mass is 373 g/mol. The van der Waals surface area contributed by atoms with Crippen LogP contribution >= 0.6 is 11.3 Å². The van der Waals surface area contributed by atoms with E-state index >= 15 is 0 Å². The highest BCUT2D eigenvalue weighted by molar-refractivity contribution is 7.91. The summed E-state index contributed by atoms with van der Waals surface area (Å²) >= 11 is 1.35. The number of hydrogen-bond donors (Lipinski definition) is 0. The summed E-state index contributed by atoms with van der Waals surface area (Å²) in [6, 6.07) is -0.348. The van der Waals surface area contributed by atoms with Crippen LogP contribution in [0.4, 0.5) is 0 Å². The minimum absolute atomic E-state index is 0.00136. The number of aromatic nitrogens is 1. The molecule has 0 aliphatic carbocycles. The number of hydrogen-bond acceptors (Lipinski definition) is 7. The minimum atomic E-state index is -3.03. The number of carbonyl (C=O) groups is 2. The van der Waals surface area contributed by atoms with E-state index in [9.17, 15) is 18.0 Å². The molecule has 2 aliphatic rings. The maximum Gasteiger partial charge on any atom is 0.273 e. The fourth-order valence-corrected chi connectivity index (χ4v) is 4.58. The average Bonchev–Trinajstić information content (AvgIpc) is 3.09. The first-order valence-corrected chi connectivity index (χ1v) is 10.5. The molecular weight excluding hydrogens is 354 g/mol. The van der Waals surface area contributed by atoms with Gasteiger partial charge in [0.05, 0.1) is 36.3 Å². The lowest BCUT2D eigenvalue weighted by Gasteiger charge is -2.36. The summed E-state index contributed by atoms with van der Waals surface area (Å²) in [7, 11) is -3.03. The van der Waals surface area contributed by atoms with Crippen LogP contribution in [0.2, 0.25) is 0 Å². The third kappa shape index (κ3) is 3.93. The van der Waals surface area contributed by atoms with Crippen molar-refractivity contribution in [2.45, 2.75) is 12.5 Å². The van der Waals surface area contributed by atoms with Crippen LogP contribution in [0.25, 0.3) is 0 Å². The highest BCUT2D eigenvalue weighted by Gasteiger charge is 2.33. The second-order valence-electron chi connectivity index (χ2n) is 5.84. The predicted octanol–water partition coefficient (Wildman–Crippen LogP) is -0.369. The Kier molecular flexibility index (Phi) is 5.16. The lowest BCUT2D eigenvalue weighted by Crippen LogP contribution is -2.52. The van der Waals surface area contributed by atoms with Gasteiger partial charge in [-0.2, -0.15) is 0 Å². The molecule has 0 spiro atoms. The van der Waals surface area contributed by atoms with Crippen molar-refractivity contribution >= 4 is 33.0 Å². The number of carbonyl (C=O) groups excluding carboxylic acids is 2. The zero-order valence-corrected chi connectivity index (χ0v) is 14.7. The Morgan fingerprint density at radius 2 is 2.04 bits per heavy atom. The van der Waals surface area contributed by atoms with Gasteiger partial charge in [-0.1, -0.05) is 0 Å². The van der Waals surface area contributed by atoms with Crippen molar-refractivity contribution in [2.24, 2.45) is 0 Å². The van der Waals surface area contributed by atoms with Crippen LogP contribution in [0.15, 0.2) is 10.9 Å². The van der Waals surface area contributed by atoms with E-state index in [0.717, 1.165) is 0 Å². The standard InChI is InChI=1S/C14H19N3O5S2/c18-13(16-2-5-24(20,21)6-3-16)7-11-8-22-4-1-17(11)14(19)12-9-23-10-15-12/h9-11H,1-8H2. The number of nitrogens with zero attached hydrogens (tertiary/aromatic N) is 3. The fraction of sp³-hybridized carbons (Fsp3) is 0.643. The van der Waals surface area contributed by atoms with Crippen molar-refractivity contribution in [1.82, 2.24) is 14.8 Å². The van der Waals surface area contributed by atoms with Crippen molar-refractivity contribution in [2.75, 3.05) is 44.4 Å². The van der Waals surface area contributed by atoms with Crippen molar-refractivity contribution in [3.8, 4) is 0 Å². The molecule has 2 saturated heterocycles. The molecule has 0 radical (unpaired) electrons. The second kappa shape index (κ2) is 7.16. The molecule has 1 aromatic heterocycles. The summed E-state index contributed by atoms with van der Waals surface area (Å²) in [4.78, 5) is 32.2. The summed E-state index contributed by atoms with van der Waals surface area (Å²) < 4.78 is 28.4. The average molecular weight is 373 g/mol. The summed E-state index contributed by atoms with van der Waals surface area (Å²) in [5, 5.41) is 1.69. The molecule has 132 valence electrons. The van der Waals surface area contributed by atoms with Gasteiger partial charge >= 0.3 is 0 Å². The van der Waals surface area contributed by atoms with E-state index in [1.165, 1.54) is 11.3 Å². The van der Waals surface area contributed by atoms with Gasteiger partial charge in [-0.15, -0.1) is 11.3 Å². The molecule has 24 heavy (non-hydrogen) atoms. The highest BCUT2D eigenvalue weighted by Crippen LogP contribution is 2.17. The van der Waals surface area contributed by atoms with Crippen LogP contribution in [-0.2, 0) is 19.4 Å². The van der Waals surface area contributed by atoms with Gasteiger partial charge in [-0.3, -0.25) is 9.59 Å². The van der Waals surface area contributed by atoms with E-state index in [4.69, 9.17) is 4.74 Å². The molecule has 0 N–H and O–H groups in total. The molecular formula is C14H19N3O5S2. The fourth-order valence-electron chi connectivity index (χ4n) is 2.85. The van der Waals surface area contributed by atoms with E-state index in [2.05, 4.69) is 4.98 Å². The topological polar surface area (TPSA) is 96.9 Å². The summed E-state index contributed by atoms with van der Waals surface area (Å²) in [6.07, 6.45) is 0.135. The van der Waals surface area contributed by atoms with Gasteiger partial charge in [0, 0.05) is 31.4 Å². The van der Waals surface area contributed by atoms with E-state index in [1.54, 1.807) is 20.7 Å². The molecule has 2 fully saturated rings. The van der Waals surface area contributed by atoms with Gasteiger partial charge in [-0.25, -0.2) is 13.4 Å². The Balaban J connectivity index is 1.63. The summed E-state index contributed by atoms with van der Waals surface area (Å²) in [5.41, 5.74) is 1.98. The second-order valence-corrected chi connectivity index (χ2v) is 8.86. The van der Waals surface area contributed by atoms with Gasteiger partial charge < -0.3 is 14.5 Å². The maximum atomic E-state index is 12.5. The van der Waals surface area contributed by atoms with E-state index in [-0.39, 0.29) is 48.9 Å². The first-order valence-electron chi connectivity index (χ1n) is 7.71. The largest absolute Gasteiger partial charge is 0.377 e. The molecule has 0 saturated carbocycles. The SMILES string of the molecule is O=C(CC1COCCN1C(=O)c1cscn1)N1CCS(=O)(=O)CC1. The van der Waals surface area contributed by atoms with Gasteiger partial charge in [0.1, 0.15) is 5.69 Å². The Morgan fingerprint density at radius 3 is 2.71 bits per heavy atom. The number of thiazole rings is 1. The van der Waals surface area contributed by atoms with Crippen LogP contribution in [0.3, 0.4) is 0 Å². The van der Waals surface area contributed by atoms with Crippen LogP contribution in [0, 0.1) is 0 Å². The molecule has 3 rings (SSSR count). The Morgan fingerprint density at radius 1 is 1.29 bits per heavy atom. The normalized spacial score (nSPS) is 23.9. The molecule has 1 atom stereocenters. The molecule has 0 bridgehead atoms. The van der Waals surface area contributed by atoms with Crippen molar-refractivity contribution in [1.29, 1.82) is 0 Å². The minimum Gasteiger partial charge on any atom is -0.377 e. The van der Waals surface area contributed by atoms with Crippen LogP contribution < -0.4 is 0 Å². The van der Waals surface area contributed by atoms with Gasteiger partial charge in [0.15, 0.2) is 9.84 Å². The Hall–Kier alpha value is -1.52. The van der Waals surface area contributed by atoms with Crippen molar-refractivity contribution in [3.05, 3.63) is 16.6 Å². The predicted molar refractivity (Wildman–Crippen MR) is 87.6 cm³/mol. The molecule has 10 heteroatoms. The zero-order chi connectivity index (χ0) is 17.2. The van der Waals surface area contributed by atoms with Crippen LogP contribution in [0.1, 0.15) is 16.9 Å². The molecule has 3 heterocycles. The maximum absolute atomic E-state index is 12.5. The number of amides is 2. The molecule has 2 aliphatic heterocycles. The quantitative estimate of drug-likeness (QED) is 0.717. The number of ether oxygens (including phenoxy) is 1. The van der Waals surface area contributed by atoms with E-state index in [0.29, 0.717) is 25.5 Å². The third-order valence-corrected chi connectivity index (χ3v) is 6.44. The number of sulfone groups is 1. The first-order chi connectivity index (χ1) is 11.5. The molecule has 1 unspecified atom stereocenters. The molecule has 2 amide bonds. The lowest BCUT2D eigenvalue weighted by molar-refractivity contribution is -0.133. The lowest BCUT2D eigenvalue weighted by atomic mass is 10.1.